The number of aliphatic hydroxyl groups is 1. The Morgan fingerprint density at radius 1 is 1.29 bits per heavy atom. The molecular formula is C7H11BN2O4. The van der Waals surface area contributed by atoms with Crippen LogP contribution in [0.25, 0.3) is 0 Å². The van der Waals surface area contributed by atoms with E-state index < -0.39 is 12.9 Å². The van der Waals surface area contributed by atoms with Crippen molar-refractivity contribution >= 4 is 7.32 Å². The van der Waals surface area contributed by atoms with Crippen LogP contribution >= 0.6 is 0 Å². The van der Waals surface area contributed by atoms with Crippen molar-refractivity contribution < 1.29 is 19.8 Å². The van der Waals surface area contributed by atoms with Crippen molar-refractivity contribution in [1.82, 2.24) is 9.97 Å². The quantitative estimate of drug-likeness (QED) is 0.542. The van der Waals surface area contributed by atoms with E-state index in [1.807, 2.05) is 0 Å². The first-order valence-electron chi connectivity index (χ1n) is 3.97. The molecule has 0 aliphatic heterocycles. The predicted molar refractivity (Wildman–Crippen MR) is 48.1 cm³/mol. The molecule has 0 aromatic carbocycles. The van der Waals surface area contributed by atoms with E-state index in [9.17, 15) is 5.11 Å². The lowest BCUT2D eigenvalue weighted by molar-refractivity contribution is 0.0685. The molecule has 0 aliphatic carbocycles. The molecule has 0 spiro atoms. The monoisotopic (exact) mass is 198 g/mol. The second-order valence-electron chi connectivity index (χ2n) is 3.25. The van der Waals surface area contributed by atoms with E-state index in [0.29, 0.717) is 0 Å². The van der Waals surface area contributed by atoms with Gasteiger partial charge in [0.05, 0.1) is 12.4 Å². The number of hydrogen-bond donors (Lipinski definition) is 3. The molecule has 0 unspecified atom stereocenters. The largest absolute Gasteiger partial charge is 0.707 e. The minimum Gasteiger partial charge on any atom is -0.509 e. The fraction of sp³-hybridized carbons (Fsp3) is 0.429. The molecule has 0 aliphatic rings. The van der Waals surface area contributed by atoms with Crippen molar-refractivity contribution in [2.75, 3.05) is 0 Å². The van der Waals surface area contributed by atoms with Crippen molar-refractivity contribution in [3.8, 4) is 5.75 Å². The van der Waals surface area contributed by atoms with Gasteiger partial charge in [-0.25, -0.2) is 9.97 Å². The standard InChI is InChI=1S/C7H11BN2O4/c1-7(2,11)6-9-3-5(4-10-6)14-8(12)13/h3-4,11-13H,1-2H3. The summed E-state index contributed by atoms with van der Waals surface area (Å²) in [6.07, 6.45) is 2.50. The molecule has 1 aromatic rings. The Bertz CT molecular complexity index is 296. The van der Waals surface area contributed by atoms with Crippen molar-refractivity contribution in [2.24, 2.45) is 0 Å². The third-order valence-electron chi connectivity index (χ3n) is 1.42. The summed E-state index contributed by atoms with van der Waals surface area (Å²) in [5.74, 6) is 0.352. The van der Waals surface area contributed by atoms with Gasteiger partial charge in [-0.15, -0.1) is 0 Å². The third kappa shape index (κ3) is 2.95. The Morgan fingerprint density at radius 3 is 2.14 bits per heavy atom. The first-order chi connectivity index (χ1) is 6.39. The van der Waals surface area contributed by atoms with Crippen molar-refractivity contribution in [2.45, 2.75) is 19.4 Å². The molecule has 76 valence electrons. The molecule has 0 saturated heterocycles. The van der Waals surface area contributed by atoms with E-state index in [4.69, 9.17) is 10.0 Å². The predicted octanol–water partition coefficient (Wildman–Crippen LogP) is -0.948. The Kier molecular flexibility index (Phi) is 3.05. The molecule has 1 heterocycles. The highest BCUT2D eigenvalue weighted by atomic mass is 16.6. The van der Waals surface area contributed by atoms with Gasteiger partial charge >= 0.3 is 7.32 Å². The second-order valence-corrected chi connectivity index (χ2v) is 3.25. The van der Waals surface area contributed by atoms with Gasteiger partial charge in [0.2, 0.25) is 0 Å². The summed E-state index contributed by atoms with van der Waals surface area (Å²) in [6.45, 7) is 3.09. The molecule has 1 aromatic heterocycles. The molecule has 0 radical (unpaired) electrons. The summed E-state index contributed by atoms with van der Waals surface area (Å²) in [5, 5.41) is 26.4. The zero-order chi connectivity index (χ0) is 10.8. The lowest BCUT2D eigenvalue weighted by Gasteiger charge is -2.14. The smallest absolute Gasteiger partial charge is 0.509 e. The molecule has 3 N–H and O–H groups in total. The van der Waals surface area contributed by atoms with E-state index in [2.05, 4.69) is 14.6 Å². The first kappa shape index (κ1) is 10.9. The molecule has 0 atom stereocenters. The Balaban J connectivity index is 2.79. The van der Waals surface area contributed by atoms with E-state index in [1.165, 1.54) is 12.4 Å². The molecule has 0 fully saturated rings. The Labute approximate surface area is 81.4 Å². The summed E-state index contributed by atoms with van der Waals surface area (Å²) in [6, 6.07) is 0. The fourth-order valence-corrected chi connectivity index (χ4v) is 0.815. The highest BCUT2D eigenvalue weighted by Gasteiger charge is 2.20. The van der Waals surface area contributed by atoms with Crippen LogP contribution in [0.5, 0.6) is 5.75 Å². The zero-order valence-corrected chi connectivity index (χ0v) is 7.88. The van der Waals surface area contributed by atoms with E-state index in [1.54, 1.807) is 13.8 Å². The van der Waals surface area contributed by atoms with Crippen LogP contribution in [-0.4, -0.2) is 32.4 Å². The molecule has 0 bridgehead atoms. The van der Waals surface area contributed by atoms with Crippen molar-refractivity contribution in [1.29, 1.82) is 0 Å². The molecule has 7 heteroatoms. The van der Waals surface area contributed by atoms with Gasteiger partial charge in [0.25, 0.3) is 0 Å². The second kappa shape index (κ2) is 3.91. The van der Waals surface area contributed by atoms with Gasteiger partial charge in [-0.05, 0) is 13.8 Å². The maximum atomic E-state index is 9.50. The molecule has 1 rings (SSSR count). The average Bonchev–Trinajstić information content (AvgIpc) is 2.02. The molecule has 0 amide bonds. The topological polar surface area (TPSA) is 95.7 Å². The van der Waals surface area contributed by atoms with Crippen LogP contribution in [0.15, 0.2) is 12.4 Å². The van der Waals surface area contributed by atoms with Crippen LogP contribution in [0.1, 0.15) is 19.7 Å². The van der Waals surface area contributed by atoms with Gasteiger partial charge < -0.3 is 19.8 Å². The zero-order valence-electron chi connectivity index (χ0n) is 7.88. The number of nitrogens with zero attached hydrogens (tertiary/aromatic N) is 2. The number of rotatable bonds is 3. The normalized spacial score (nSPS) is 11.2. The van der Waals surface area contributed by atoms with Crippen LogP contribution in [-0.2, 0) is 5.60 Å². The summed E-state index contributed by atoms with van der Waals surface area (Å²) >= 11 is 0. The van der Waals surface area contributed by atoms with Gasteiger partial charge in [0, 0.05) is 0 Å². The summed E-state index contributed by atoms with van der Waals surface area (Å²) in [4.78, 5) is 7.59. The Hall–Kier alpha value is -1.18. The molecule has 6 nitrogen and oxygen atoms in total. The average molecular weight is 198 g/mol. The van der Waals surface area contributed by atoms with Crippen molar-refractivity contribution in [3.05, 3.63) is 18.2 Å². The summed E-state index contributed by atoms with van der Waals surface area (Å²) in [7, 11) is -1.90. The molecular weight excluding hydrogens is 187 g/mol. The van der Waals surface area contributed by atoms with Crippen LogP contribution in [0.3, 0.4) is 0 Å². The highest BCUT2D eigenvalue weighted by Crippen LogP contribution is 2.16. The minimum absolute atomic E-state index is 0.119. The molecule has 14 heavy (non-hydrogen) atoms. The highest BCUT2D eigenvalue weighted by molar-refractivity contribution is 6.33. The summed E-state index contributed by atoms with van der Waals surface area (Å²) < 4.78 is 4.49. The van der Waals surface area contributed by atoms with Gasteiger partial charge in [-0.1, -0.05) is 0 Å². The van der Waals surface area contributed by atoms with Gasteiger partial charge in [0.15, 0.2) is 5.82 Å². The lowest BCUT2D eigenvalue weighted by atomic mass is 10.1. The lowest BCUT2D eigenvalue weighted by Crippen LogP contribution is -2.22. The van der Waals surface area contributed by atoms with Gasteiger partial charge in [0.1, 0.15) is 11.4 Å². The Morgan fingerprint density at radius 2 is 1.79 bits per heavy atom. The van der Waals surface area contributed by atoms with E-state index in [0.717, 1.165) is 0 Å². The van der Waals surface area contributed by atoms with Crippen molar-refractivity contribution in [3.63, 3.8) is 0 Å². The first-order valence-corrected chi connectivity index (χ1v) is 3.97. The van der Waals surface area contributed by atoms with Crippen LogP contribution in [0.4, 0.5) is 0 Å². The van der Waals surface area contributed by atoms with E-state index >= 15 is 0 Å². The van der Waals surface area contributed by atoms with Crippen LogP contribution < -0.4 is 4.65 Å². The van der Waals surface area contributed by atoms with Crippen LogP contribution in [0, 0.1) is 0 Å². The number of hydrogen-bond acceptors (Lipinski definition) is 6. The van der Waals surface area contributed by atoms with Crippen LogP contribution in [0.2, 0.25) is 0 Å². The maximum absolute atomic E-state index is 9.50. The molecule has 0 saturated carbocycles. The fourth-order valence-electron chi connectivity index (χ4n) is 0.815. The van der Waals surface area contributed by atoms with Gasteiger partial charge in [-0.2, -0.15) is 0 Å². The number of aromatic nitrogens is 2. The summed E-state index contributed by atoms with van der Waals surface area (Å²) in [5.41, 5.74) is -1.13. The third-order valence-corrected chi connectivity index (χ3v) is 1.42. The van der Waals surface area contributed by atoms with E-state index in [-0.39, 0.29) is 11.6 Å². The minimum atomic E-state index is -1.90. The van der Waals surface area contributed by atoms with Gasteiger partial charge in [-0.3, -0.25) is 0 Å². The SMILES string of the molecule is CC(C)(O)c1ncc(OB(O)O)cn1. The maximum Gasteiger partial charge on any atom is 0.707 e.